The van der Waals surface area contributed by atoms with Crippen LogP contribution in [0.4, 0.5) is 0 Å². The molecule has 0 aliphatic rings. The smallest absolute Gasteiger partial charge is 0.273 e. The van der Waals surface area contributed by atoms with Crippen molar-refractivity contribution in [2.45, 2.75) is 53.9 Å². The number of unbranched alkanes of at least 4 members (excludes halogenated alkanes) is 2. The van der Waals surface area contributed by atoms with Crippen LogP contribution in [0.25, 0.3) is 5.57 Å². The van der Waals surface area contributed by atoms with Crippen LogP contribution < -0.4 is 4.74 Å². The molecule has 0 saturated heterocycles. The number of benzene rings is 1. The zero-order valence-corrected chi connectivity index (χ0v) is 17.1. The topological polar surface area (TPSA) is 79.2 Å². The lowest BCUT2D eigenvalue weighted by molar-refractivity contribution is 0.185. The minimum Gasteiger partial charge on any atom is -0.508 e. The van der Waals surface area contributed by atoms with Gasteiger partial charge in [0.15, 0.2) is 0 Å². The molecular weight excluding hydrogens is 332 g/mol. The first-order valence-corrected chi connectivity index (χ1v) is 9.02. The van der Waals surface area contributed by atoms with Crippen molar-refractivity contribution in [3.05, 3.63) is 41.9 Å². The molecule has 1 aromatic carbocycles. The summed E-state index contributed by atoms with van der Waals surface area (Å²) in [5, 5.41) is 26.8. The van der Waals surface area contributed by atoms with E-state index in [-0.39, 0.29) is 12.4 Å². The van der Waals surface area contributed by atoms with Crippen LogP contribution in [0.1, 0.15) is 58.1 Å². The van der Waals surface area contributed by atoms with Crippen molar-refractivity contribution in [3.8, 4) is 11.5 Å². The number of phenolic OH excluding ortho intramolecular Hbond substituents is 1. The van der Waals surface area contributed by atoms with Gasteiger partial charge in [0.05, 0.1) is 0 Å². The van der Waals surface area contributed by atoms with Crippen molar-refractivity contribution in [2.24, 2.45) is 0 Å². The highest BCUT2D eigenvalue weighted by Gasteiger charge is 2.07. The Morgan fingerprint density at radius 3 is 2.27 bits per heavy atom. The van der Waals surface area contributed by atoms with Crippen LogP contribution in [-0.4, -0.2) is 35.6 Å². The van der Waals surface area contributed by atoms with Gasteiger partial charge in [0.2, 0.25) is 0 Å². The van der Waals surface area contributed by atoms with Crippen LogP contribution in [0.2, 0.25) is 0 Å². The number of rotatable bonds is 8. The minimum absolute atomic E-state index is 0.0143. The fourth-order valence-electron chi connectivity index (χ4n) is 1.91. The number of phenols is 1. The highest BCUT2D eigenvalue weighted by molar-refractivity contribution is 5.68. The summed E-state index contributed by atoms with van der Waals surface area (Å²) in [5.74, 6) is -0.220. The van der Waals surface area contributed by atoms with Crippen molar-refractivity contribution in [1.29, 1.82) is 0 Å². The van der Waals surface area contributed by atoms with Gasteiger partial charge < -0.3 is 24.8 Å². The number of aliphatic hydroxyl groups excluding tert-OH is 1. The van der Waals surface area contributed by atoms with Crippen LogP contribution >= 0.6 is 0 Å². The molecule has 0 unspecified atom stereocenters. The zero-order chi connectivity index (χ0) is 20.5. The molecule has 0 aliphatic carbocycles. The standard InChI is InChI=1S/C13H16O4.C6H14O.C2H6/c1-8(2)11-6-10(7-12(14)9(11)3)17-5-4-13(15)16;1-3-4-5-6-7-2;1-2/h4,6-7,14-16H,1,5H2,2-3H3;3-6H2,1-2H3;1-2H3. The maximum atomic E-state index is 9.70. The number of aromatic hydroxyl groups is 1. The molecule has 150 valence electrons. The van der Waals surface area contributed by atoms with Gasteiger partial charge in [-0.2, -0.15) is 0 Å². The quantitative estimate of drug-likeness (QED) is 0.392. The number of allylic oxidation sites excluding steroid dienone is 1. The Bertz CT molecular complexity index is 527. The Morgan fingerprint density at radius 2 is 1.81 bits per heavy atom. The van der Waals surface area contributed by atoms with Gasteiger partial charge >= 0.3 is 0 Å². The first kappa shape index (κ1) is 26.1. The van der Waals surface area contributed by atoms with Crippen molar-refractivity contribution in [1.82, 2.24) is 0 Å². The summed E-state index contributed by atoms with van der Waals surface area (Å²) in [5.41, 5.74) is 2.38. The molecule has 5 nitrogen and oxygen atoms in total. The van der Waals surface area contributed by atoms with Gasteiger partial charge in [0.1, 0.15) is 18.1 Å². The van der Waals surface area contributed by atoms with Gasteiger partial charge in [0.25, 0.3) is 5.95 Å². The molecule has 0 spiro atoms. The number of hydrogen-bond donors (Lipinski definition) is 3. The van der Waals surface area contributed by atoms with Gasteiger partial charge in [-0.3, -0.25) is 0 Å². The summed E-state index contributed by atoms with van der Waals surface area (Å²) >= 11 is 0. The second-order valence-electron chi connectivity index (χ2n) is 5.47. The lowest BCUT2D eigenvalue weighted by atomic mass is 10.0. The maximum Gasteiger partial charge on any atom is 0.273 e. The zero-order valence-electron chi connectivity index (χ0n) is 17.1. The van der Waals surface area contributed by atoms with Gasteiger partial charge in [-0.25, -0.2) is 0 Å². The lowest BCUT2D eigenvalue weighted by Crippen LogP contribution is -1.97. The summed E-state index contributed by atoms with van der Waals surface area (Å²) in [6.07, 6.45) is 4.90. The molecule has 0 aromatic heterocycles. The number of methoxy groups -OCH3 is 1. The molecule has 0 heterocycles. The Hall–Kier alpha value is -2.14. The molecule has 3 N–H and O–H groups in total. The third-order valence-electron chi connectivity index (χ3n) is 3.28. The van der Waals surface area contributed by atoms with Gasteiger partial charge in [-0.15, -0.1) is 0 Å². The molecule has 0 atom stereocenters. The van der Waals surface area contributed by atoms with Crippen LogP contribution in [0, 0.1) is 6.92 Å². The summed E-state index contributed by atoms with van der Waals surface area (Å²) in [7, 11) is 1.75. The molecule has 0 radical (unpaired) electrons. The number of aliphatic hydroxyl groups is 2. The third-order valence-corrected chi connectivity index (χ3v) is 3.28. The summed E-state index contributed by atoms with van der Waals surface area (Å²) in [6, 6.07) is 3.23. The summed E-state index contributed by atoms with van der Waals surface area (Å²) < 4.78 is 10.1. The van der Waals surface area contributed by atoms with Gasteiger partial charge in [-0.05, 0) is 37.5 Å². The normalized spacial score (nSPS) is 9.15. The first-order valence-electron chi connectivity index (χ1n) is 9.02. The fraction of sp³-hybridized carbons (Fsp3) is 0.524. The average molecular weight is 369 g/mol. The van der Waals surface area contributed by atoms with E-state index in [0.29, 0.717) is 5.75 Å². The molecule has 0 aliphatic heterocycles. The first-order chi connectivity index (χ1) is 12.3. The van der Waals surface area contributed by atoms with Crippen molar-refractivity contribution in [3.63, 3.8) is 0 Å². The second-order valence-corrected chi connectivity index (χ2v) is 5.47. The van der Waals surface area contributed by atoms with E-state index in [2.05, 4.69) is 13.5 Å². The molecule has 0 fully saturated rings. The Balaban J connectivity index is 0. The van der Waals surface area contributed by atoms with Gasteiger partial charge in [0, 0.05) is 25.9 Å². The van der Waals surface area contributed by atoms with E-state index in [9.17, 15) is 5.11 Å². The molecular formula is C21H36O5. The molecule has 1 rings (SSSR count). The highest BCUT2D eigenvalue weighted by atomic mass is 16.5. The predicted molar refractivity (Wildman–Crippen MR) is 109 cm³/mol. The van der Waals surface area contributed by atoms with Crippen LogP contribution in [0.15, 0.2) is 30.7 Å². The van der Waals surface area contributed by atoms with Crippen molar-refractivity contribution in [2.75, 3.05) is 20.3 Å². The van der Waals surface area contributed by atoms with Crippen LogP contribution in [0.3, 0.4) is 0 Å². The summed E-state index contributed by atoms with van der Waals surface area (Å²) in [4.78, 5) is 0. The monoisotopic (exact) mass is 368 g/mol. The average Bonchev–Trinajstić information content (AvgIpc) is 2.60. The van der Waals surface area contributed by atoms with E-state index in [4.69, 9.17) is 19.7 Å². The molecule has 1 aromatic rings. The Labute approximate surface area is 158 Å². The molecule has 0 amide bonds. The number of ether oxygens (including phenoxy) is 2. The highest BCUT2D eigenvalue weighted by Crippen LogP contribution is 2.30. The van der Waals surface area contributed by atoms with E-state index in [0.717, 1.165) is 29.4 Å². The van der Waals surface area contributed by atoms with Crippen molar-refractivity contribution >= 4 is 5.57 Å². The molecule has 0 bridgehead atoms. The Morgan fingerprint density at radius 1 is 1.19 bits per heavy atom. The molecule has 0 saturated carbocycles. The van der Waals surface area contributed by atoms with E-state index in [1.54, 1.807) is 20.1 Å². The fourth-order valence-corrected chi connectivity index (χ4v) is 1.91. The van der Waals surface area contributed by atoms with E-state index in [1.165, 1.54) is 25.3 Å². The van der Waals surface area contributed by atoms with Crippen LogP contribution in [0.5, 0.6) is 11.5 Å². The summed E-state index contributed by atoms with van der Waals surface area (Å²) in [6.45, 7) is 14.6. The Kier molecular flexibility index (Phi) is 16.4. The third kappa shape index (κ3) is 12.3. The van der Waals surface area contributed by atoms with E-state index < -0.39 is 5.95 Å². The SMILES string of the molecule is C=C(C)c1cc(OCC=C(O)O)cc(O)c1C.CC.CCCCCOC. The molecule has 26 heavy (non-hydrogen) atoms. The van der Waals surface area contributed by atoms with E-state index in [1.807, 2.05) is 20.8 Å². The van der Waals surface area contributed by atoms with E-state index >= 15 is 0 Å². The second kappa shape index (κ2) is 16.3. The lowest BCUT2D eigenvalue weighted by Gasteiger charge is -2.11. The number of hydrogen-bond acceptors (Lipinski definition) is 5. The van der Waals surface area contributed by atoms with Gasteiger partial charge in [-0.1, -0.05) is 45.8 Å². The van der Waals surface area contributed by atoms with Crippen molar-refractivity contribution < 1.29 is 24.8 Å². The minimum atomic E-state index is -0.790. The largest absolute Gasteiger partial charge is 0.508 e. The predicted octanol–water partition coefficient (Wildman–Crippen LogP) is 5.92. The van der Waals surface area contributed by atoms with Crippen LogP contribution in [-0.2, 0) is 4.74 Å². The molecule has 5 heteroatoms. The maximum absolute atomic E-state index is 9.70.